The number of nitrogens with two attached hydrogens (primary N) is 1. The zero-order valence-electron chi connectivity index (χ0n) is 10.9. The number of aromatic nitrogens is 1. The molecule has 3 N–H and O–H groups in total. The summed E-state index contributed by atoms with van der Waals surface area (Å²) in [6, 6.07) is 3.82. The minimum absolute atomic E-state index is 0.0183. The Kier molecular flexibility index (Phi) is 4.15. The Morgan fingerprint density at radius 2 is 2.22 bits per heavy atom. The Morgan fingerprint density at radius 1 is 1.50 bits per heavy atom. The molecule has 5 heteroatoms. The first kappa shape index (κ1) is 12.8. The molecular formula is C13H21N5. The van der Waals surface area contributed by atoms with Crippen molar-refractivity contribution in [3.05, 3.63) is 24.0 Å². The van der Waals surface area contributed by atoms with E-state index in [0.29, 0.717) is 5.69 Å². The molecule has 2 rings (SSSR count). The van der Waals surface area contributed by atoms with E-state index >= 15 is 0 Å². The first-order valence-electron chi connectivity index (χ1n) is 6.41. The van der Waals surface area contributed by atoms with Gasteiger partial charge in [0.05, 0.1) is 0 Å². The average Bonchev–Trinajstić information content (AvgIpc) is 2.89. The van der Waals surface area contributed by atoms with Crippen molar-refractivity contribution in [3.63, 3.8) is 0 Å². The van der Waals surface area contributed by atoms with E-state index in [1.54, 1.807) is 6.20 Å². The van der Waals surface area contributed by atoms with E-state index in [2.05, 4.69) is 21.8 Å². The van der Waals surface area contributed by atoms with Crippen LogP contribution in [0.4, 0.5) is 5.69 Å². The van der Waals surface area contributed by atoms with Crippen LogP contribution in [0.15, 0.2) is 18.3 Å². The lowest BCUT2D eigenvalue weighted by atomic mass is 10.3. The first-order chi connectivity index (χ1) is 8.66. The maximum atomic E-state index is 7.40. The molecule has 1 aromatic rings. The molecule has 0 saturated carbocycles. The van der Waals surface area contributed by atoms with Crippen molar-refractivity contribution in [2.75, 3.05) is 38.1 Å². The van der Waals surface area contributed by atoms with Gasteiger partial charge in [-0.3, -0.25) is 10.4 Å². The third-order valence-corrected chi connectivity index (χ3v) is 3.41. The fraction of sp³-hybridized carbons (Fsp3) is 0.538. The minimum Gasteiger partial charge on any atom is -0.382 e. The summed E-state index contributed by atoms with van der Waals surface area (Å²) < 4.78 is 0. The maximum absolute atomic E-state index is 7.40. The Bertz CT molecular complexity index is 412. The topological polar surface area (TPSA) is 69.2 Å². The maximum Gasteiger partial charge on any atom is 0.141 e. The van der Waals surface area contributed by atoms with Crippen molar-refractivity contribution in [3.8, 4) is 0 Å². The lowest BCUT2D eigenvalue weighted by Crippen LogP contribution is -2.31. The molecule has 0 radical (unpaired) electrons. The van der Waals surface area contributed by atoms with E-state index in [0.717, 1.165) is 18.8 Å². The molecule has 0 spiro atoms. The van der Waals surface area contributed by atoms with E-state index in [4.69, 9.17) is 11.1 Å². The predicted molar refractivity (Wildman–Crippen MR) is 74.2 cm³/mol. The first-order valence-corrected chi connectivity index (χ1v) is 6.41. The summed E-state index contributed by atoms with van der Waals surface area (Å²) in [5.74, 6) is 0.0183. The number of likely N-dealkylation sites (N-methyl/N-ethyl adjacent to an activating group) is 1. The van der Waals surface area contributed by atoms with Crippen LogP contribution in [0.1, 0.15) is 18.5 Å². The quantitative estimate of drug-likeness (QED) is 0.599. The number of nitrogen functional groups attached to an aromatic ring is 1. The molecule has 1 saturated heterocycles. The number of likely N-dealkylation sites (tertiary alicyclic amines) is 1. The summed E-state index contributed by atoms with van der Waals surface area (Å²) in [7, 11) is 2.06. The van der Waals surface area contributed by atoms with Crippen molar-refractivity contribution in [2.45, 2.75) is 12.8 Å². The van der Waals surface area contributed by atoms with E-state index in [-0.39, 0.29) is 5.84 Å². The molecule has 0 atom stereocenters. The Hall–Kier alpha value is -1.62. The predicted octanol–water partition coefficient (Wildman–Crippen LogP) is 0.898. The van der Waals surface area contributed by atoms with Crippen LogP contribution in [0.5, 0.6) is 0 Å². The standard InChI is InChI=1S/C13H21N5/c1-17(8-9-18-6-2-3-7-18)11-4-5-16-12(10-11)13(14)15/h4-5,10H,2-3,6-9H2,1H3,(H3,14,15). The van der Waals surface area contributed by atoms with E-state index in [1.807, 2.05) is 12.1 Å². The van der Waals surface area contributed by atoms with Gasteiger partial charge in [0.15, 0.2) is 0 Å². The van der Waals surface area contributed by atoms with Gasteiger partial charge in [-0.2, -0.15) is 0 Å². The van der Waals surface area contributed by atoms with Crippen molar-refractivity contribution >= 4 is 11.5 Å². The van der Waals surface area contributed by atoms with Crippen molar-refractivity contribution in [1.29, 1.82) is 5.41 Å². The molecule has 0 unspecified atom stereocenters. The molecule has 0 bridgehead atoms. The summed E-state index contributed by atoms with van der Waals surface area (Å²) in [4.78, 5) is 8.75. The van der Waals surface area contributed by atoms with Crippen molar-refractivity contribution in [2.24, 2.45) is 5.73 Å². The summed E-state index contributed by atoms with van der Waals surface area (Å²) in [5, 5.41) is 7.40. The summed E-state index contributed by atoms with van der Waals surface area (Å²) in [5.41, 5.74) is 7.06. The van der Waals surface area contributed by atoms with Gasteiger partial charge in [-0.15, -0.1) is 0 Å². The summed E-state index contributed by atoms with van der Waals surface area (Å²) in [6.07, 6.45) is 4.36. The van der Waals surface area contributed by atoms with Gasteiger partial charge in [0.2, 0.25) is 0 Å². The summed E-state index contributed by atoms with van der Waals surface area (Å²) >= 11 is 0. The highest BCUT2D eigenvalue weighted by atomic mass is 15.2. The molecule has 1 aliphatic rings. The summed E-state index contributed by atoms with van der Waals surface area (Å²) in [6.45, 7) is 4.53. The highest BCUT2D eigenvalue weighted by Gasteiger charge is 2.12. The van der Waals surface area contributed by atoms with Crippen LogP contribution in [0, 0.1) is 5.41 Å². The number of rotatable bonds is 5. The van der Waals surface area contributed by atoms with E-state index in [9.17, 15) is 0 Å². The van der Waals surface area contributed by atoms with E-state index in [1.165, 1.54) is 25.9 Å². The molecule has 1 aliphatic heterocycles. The Balaban J connectivity index is 1.93. The number of amidine groups is 1. The van der Waals surface area contributed by atoms with Crippen LogP contribution in [0.25, 0.3) is 0 Å². The van der Waals surface area contributed by atoms with Gasteiger partial charge in [0.25, 0.3) is 0 Å². The number of hydrogen-bond donors (Lipinski definition) is 2. The van der Waals surface area contributed by atoms with Gasteiger partial charge >= 0.3 is 0 Å². The average molecular weight is 247 g/mol. The highest BCUT2D eigenvalue weighted by Crippen LogP contribution is 2.13. The number of hydrogen-bond acceptors (Lipinski definition) is 4. The molecule has 1 aromatic heterocycles. The second-order valence-electron chi connectivity index (χ2n) is 4.78. The number of nitrogens with zero attached hydrogens (tertiary/aromatic N) is 3. The number of nitrogens with one attached hydrogen (secondary N) is 1. The highest BCUT2D eigenvalue weighted by molar-refractivity contribution is 5.93. The van der Waals surface area contributed by atoms with Gasteiger partial charge in [0, 0.05) is 32.0 Å². The smallest absolute Gasteiger partial charge is 0.141 e. The normalized spacial score (nSPS) is 15.8. The zero-order valence-corrected chi connectivity index (χ0v) is 10.9. The van der Waals surface area contributed by atoms with Gasteiger partial charge < -0.3 is 15.5 Å². The fourth-order valence-corrected chi connectivity index (χ4v) is 2.23. The SMILES string of the molecule is CN(CCN1CCCC1)c1ccnc(C(=N)N)c1. The second-order valence-corrected chi connectivity index (χ2v) is 4.78. The van der Waals surface area contributed by atoms with Gasteiger partial charge in [0.1, 0.15) is 11.5 Å². The molecule has 98 valence electrons. The number of anilines is 1. The third kappa shape index (κ3) is 3.20. The van der Waals surface area contributed by atoms with E-state index < -0.39 is 0 Å². The van der Waals surface area contributed by atoms with Crippen LogP contribution < -0.4 is 10.6 Å². The van der Waals surface area contributed by atoms with Crippen LogP contribution >= 0.6 is 0 Å². The lowest BCUT2D eigenvalue weighted by Gasteiger charge is -2.23. The van der Waals surface area contributed by atoms with Crippen molar-refractivity contribution in [1.82, 2.24) is 9.88 Å². The second kappa shape index (κ2) is 5.82. The van der Waals surface area contributed by atoms with Gasteiger partial charge in [-0.25, -0.2) is 0 Å². The molecular weight excluding hydrogens is 226 g/mol. The van der Waals surface area contributed by atoms with Crippen LogP contribution in [-0.4, -0.2) is 48.9 Å². The fourth-order valence-electron chi connectivity index (χ4n) is 2.23. The molecule has 0 amide bonds. The molecule has 0 aliphatic carbocycles. The van der Waals surface area contributed by atoms with Crippen LogP contribution in [0.2, 0.25) is 0 Å². The number of pyridine rings is 1. The van der Waals surface area contributed by atoms with Gasteiger partial charge in [-0.1, -0.05) is 0 Å². The molecule has 5 nitrogen and oxygen atoms in total. The molecule has 0 aromatic carbocycles. The minimum atomic E-state index is 0.0183. The monoisotopic (exact) mass is 247 g/mol. The third-order valence-electron chi connectivity index (χ3n) is 3.41. The molecule has 18 heavy (non-hydrogen) atoms. The molecule has 2 heterocycles. The van der Waals surface area contributed by atoms with Crippen LogP contribution in [-0.2, 0) is 0 Å². The Labute approximate surface area is 108 Å². The lowest BCUT2D eigenvalue weighted by molar-refractivity contribution is 0.346. The Morgan fingerprint density at radius 3 is 2.89 bits per heavy atom. The van der Waals surface area contributed by atoms with Crippen LogP contribution in [0.3, 0.4) is 0 Å². The molecule has 1 fully saturated rings. The zero-order chi connectivity index (χ0) is 13.0. The largest absolute Gasteiger partial charge is 0.382 e. The van der Waals surface area contributed by atoms with Gasteiger partial charge in [-0.05, 0) is 38.1 Å². The van der Waals surface area contributed by atoms with Crippen molar-refractivity contribution < 1.29 is 0 Å².